The van der Waals surface area contributed by atoms with Crippen molar-refractivity contribution in [3.63, 3.8) is 0 Å². The average Bonchev–Trinajstić information content (AvgIpc) is 2.79. The predicted octanol–water partition coefficient (Wildman–Crippen LogP) is 3.09. The number of nitrogens with one attached hydrogen (secondary N) is 1. The minimum absolute atomic E-state index is 0.0799. The average molecular weight is 347 g/mol. The van der Waals surface area contributed by atoms with Crippen LogP contribution >= 0.6 is 11.6 Å². The molecule has 1 aromatic carbocycles. The Balaban J connectivity index is 2.02. The maximum atomic E-state index is 12.4. The molecule has 0 atom stereocenters. The molecule has 0 saturated heterocycles. The van der Waals surface area contributed by atoms with Crippen LogP contribution in [0.2, 0.25) is 5.02 Å². The third-order valence-electron chi connectivity index (χ3n) is 4.00. The third-order valence-corrected chi connectivity index (χ3v) is 4.24. The molecule has 6 nitrogen and oxygen atoms in total. The fraction of sp³-hybridized carbons (Fsp3) is 0.294. The maximum Gasteiger partial charge on any atom is 0.328 e. The van der Waals surface area contributed by atoms with Crippen molar-refractivity contribution in [2.75, 3.05) is 19.0 Å². The van der Waals surface area contributed by atoms with Crippen LogP contribution in [0, 0.1) is 6.92 Å². The van der Waals surface area contributed by atoms with Crippen molar-refractivity contribution in [1.29, 1.82) is 0 Å². The number of aromatic nitrogens is 3. The molecular formula is C17H19ClN4O2. The normalized spacial score (nSPS) is 11.2. The molecule has 0 spiro atoms. The number of hydrogen-bond donors (Lipinski definition) is 1. The van der Waals surface area contributed by atoms with Crippen LogP contribution in [0.4, 0.5) is 11.5 Å². The van der Waals surface area contributed by atoms with Crippen LogP contribution in [-0.2, 0) is 18.3 Å². The van der Waals surface area contributed by atoms with Crippen LogP contribution in [-0.4, -0.2) is 27.8 Å². The number of halogens is 1. The van der Waals surface area contributed by atoms with E-state index in [9.17, 15) is 4.79 Å². The van der Waals surface area contributed by atoms with Gasteiger partial charge in [0, 0.05) is 30.9 Å². The lowest BCUT2D eigenvalue weighted by Crippen LogP contribution is -2.23. The van der Waals surface area contributed by atoms with Gasteiger partial charge in [-0.25, -0.2) is 9.78 Å². The van der Waals surface area contributed by atoms with Gasteiger partial charge in [0.15, 0.2) is 0 Å². The van der Waals surface area contributed by atoms with Gasteiger partial charge in [-0.05, 0) is 30.7 Å². The number of aryl methyl sites for hydroxylation is 2. The highest BCUT2D eigenvalue weighted by atomic mass is 35.5. The first-order valence-electron chi connectivity index (χ1n) is 7.58. The van der Waals surface area contributed by atoms with Crippen molar-refractivity contribution < 1.29 is 4.74 Å². The Kier molecular flexibility index (Phi) is 4.59. The molecule has 3 rings (SSSR count). The molecule has 7 heteroatoms. The van der Waals surface area contributed by atoms with Crippen molar-refractivity contribution in [1.82, 2.24) is 14.1 Å². The molecule has 3 aromatic rings. The summed E-state index contributed by atoms with van der Waals surface area (Å²) in [6, 6.07) is 7.50. The van der Waals surface area contributed by atoms with E-state index in [4.69, 9.17) is 16.3 Å². The van der Waals surface area contributed by atoms with Crippen LogP contribution in [0.1, 0.15) is 5.56 Å². The van der Waals surface area contributed by atoms with Crippen molar-refractivity contribution in [2.24, 2.45) is 7.05 Å². The Hall–Kier alpha value is -2.31. The van der Waals surface area contributed by atoms with E-state index in [2.05, 4.69) is 10.3 Å². The lowest BCUT2D eigenvalue weighted by molar-refractivity contribution is 0.187. The number of methoxy groups -OCH3 is 1. The number of pyridine rings is 1. The number of fused-ring (bicyclic) bond motifs is 1. The summed E-state index contributed by atoms with van der Waals surface area (Å²) in [5.74, 6) is 0.671. The van der Waals surface area contributed by atoms with Crippen LogP contribution in [0.5, 0.6) is 0 Å². The standard InChI is InChI=1S/C17H19ClN4O2/c1-11-8-12(18)4-5-13(11)20-16-9-14-15(10-19-16)21(2)17(23)22(14)6-7-24-3/h4-5,8-10H,6-7H2,1-3H3,(H,19,20). The fourth-order valence-corrected chi connectivity index (χ4v) is 2.90. The minimum atomic E-state index is -0.0799. The van der Waals surface area contributed by atoms with E-state index in [1.807, 2.05) is 31.2 Å². The van der Waals surface area contributed by atoms with Gasteiger partial charge >= 0.3 is 5.69 Å². The van der Waals surface area contributed by atoms with Crippen molar-refractivity contribution in [3.8, 4) is 0 Å². The monoisotopic (exact) mass is 346 g/mol. The molecule has 2 aromatic heterocycles. The molecule has 0 aliphatic heterocycles. The molecule has 0 amide bonds. The SMILES string of the molecule is COCCn1c(=O)n(C)c2cnc(Nc3ccc(Cl)cc3C)cc21. The van der Waals surface area contributed by atoms with Gasteiger partial charge in [-0.2, -0.15) is 0 Å². The molecule has 126 valence electrons. The zero-order chi connectivity index (χ0) is 17.3. The van der Waals surface area contributed by atoms with Gasteiger partial charge in [-0.3, -0.25) is 9.13 Å². The fourth-order valence-electron chi connectivity index (χ4n) is 2.67. The number of nitrogens with zero attached hydrogens (tertiary/aromatic N) is 3. The summed E-state index contributed by atoms with van der Waals surface area (Å²) in [6.45, 7) is 2.94. The van der Waals surface area contributed by atoms with Crippen LogP contribution in [0.15, 0.2) is 35.3 Å². The van der Waals surface area contributed by atoms with Crippen molar-refractivity contribution in [3.05, 3.63) is 51.5 Å². The highest BCUT2D eigenvalue weighted by molar-refractivity contribution is 6.30. The van der Waals surface area contributed by atoms with Crippen molar-refractivity contribution in [2.45, 2.75) is 13.5 Å². The van der Waals surface area contributed by atoms with E-state index in [-0.39, 0.29) is 5.69 Å². The smallest absolute Gasteiger partial charge is 0.328 e. The van der Waals surface area contributed by atoms with Gasteiger partial charge in [-0.1, -0.05) is 11.6 Å². The Morgan fingerprint density at radius 3 is 2.79 bits per heavy atom. The second-order valence-corrected chi connectivity index (χ2v) is 6.06. The summed E-state index contributed by atoms with van der Waals surface area (Å²) in [4.78, 5) is 16.8. The van der Waals surface area contributed by atoms with E-state index in [1.54, 1.807) is 29.5 Å². The Morgan fingerprint density at radius 1 is 1.29 bits per heavy atom. The van der Waals surface area contributed by atoms with Crippen LogP contribution in [0.25, 0.3) is 11.0 Å². The van der Waals surface area contributed by atoms with Gasteiger partial charge in [0.05, 0.1) is 30.4 Å². The Bertz CT molecular complexity index is 946. The molecule has 0 radical (unpaired) electrons. The summed E-state index contributed by atoms with van der Waals surface area (Å²) in [6.07, 6.45) is 1.70. The van der Waals surface area contributed by atoms with Gasteiger partial charge < -0.3 is 10.1 Å². The van der Waals surface area contributed by atoms with E-state index < -0.39 is 0 Å². The second-order valence-electron chi connectivity index (χ2n) is 5.63. The minimum Gasteiger partial charge on any atom is -0.383 e. The number of hydrogen-bond acceptors (Lipinski definition) is 4. The largest absolute Gasteiger partial charge is 0.383 e. The Morgan fingerprint density at radius 2 is 2.08 bits per heavy atom. The molecule has 2 heterocycles. The zero-order valence-corrected chi connectivity index (χ0v) is 14.6. The quantitative estimate of drug-likeness (QED) is 0.771. The molecule has 0 fully saturated rings. The van der Waals surface area contributed by atoms with E-state index >= 15 is 0 Å². The van der Waals surface area contributed by atoms with Crippen LogP contribution < -0.4 is 11.0 Å². The van der Waals surface area contributed by atoms with E-state index in [0.717, 1.165) is 22.3 Å². The summed E-state index contributed by atoms with van der Waals surface area (Å²) in [7, 11) is 3.36. The molecule has 0 aliphatic rings. The maximum absolute atomic E-state index is 12.4. The van der Waals surface area contributed by atoms with Gasteiger partial charge in [0.1, 0.15) is 5.82 Å². The number of imidazole rings is 1. The molecule has 0 bridgehead atoms. The first-order chi connectivity index (χ1) is 11.5. The first-order valence-corrected chi connectivity index (χ1v) is 7.96. The van der Waals surface area contributed by atoms with Gasteiger partial charge in [0.25, 0.3) is 0 Å². The molecule has 0 unspecified atom stereocenters. The van der Waals surface area contributed by atoms with Gasteiger partial charge in [0.2, 0.25) is 0 Å². The molecule has 1 N–H and O–H groups in total. The van der Waals surface area contributed by atoms with Crippen LogP contribution in [0.3, 0.4) is 0 Å². The number of benzene rings is 1. The molecular weight excluding hydrogens is 328 g/mol. The summed E-state index contributed by atoms with van der Waals surface area (Å²) < 4.78 is 8.39. The molecule has 0 saturated carbocycles. The molecule has 0 aliphatic carbocycles. The summed E-state index contributed by atoms with van der Waals surface area (Å²) in [5, 5.41) is 3.97. The predicted molar refractivity (Wildman–Crippen MR) is 96.3 cm³/mol. The number of ether oxygens (including phenoxy) is 1. The van der Waals surface area contributed by atoms with Crippen molar-refractivity contribution >= 4 is 34.1 Å². The summed E-state index contributed by atoms with van der Waals surface area (Å²) in [5.41, 5.74) is 3.48. The molecule has 24 heavy (non-hydrogen) atoms. The lowest BCUT2D eigenvalue weighted by atomic mass is 10.2. The zero-order valence-electron chi connectivity index (χ0n) is 13.8. The summed E-state index contributed by atoms with van der Waals surface area (Å²) >= 11 is 5.99. The third kappa shape index (κ3) is 3.02. The Labute approximate surface area is 144 Å². The highest BCUT2D eigenvalue weighted by Crippen LogP contribution is 2.24. The topological polar surface area (TPSA) is 61.1 Å². The van der Waals surface area contributed by atoms with E-state index in [1.165, 1.54) is 0 Å². The van der Waals surface area contributed by atoms with E-state index in [0.29, 0.717) is 24.0 Å². The first kappa shape index (κ1) is 16.5. The number of rotatable bonds is 5. The lowest BCUT2D eigenvalue weighted by Gasteiger charge is -2.10. The van der Waals surface area contributed by atoms with Gasteiger partial charge in [-0.15, -0.1) is 0 Å². The second kappa shape index (κ2) is 6.67. The number of anilines is 2. The highest BCUT2D eigenvalue weighted by Gasteiger charge is 2.12.